The maximum atomic E-state index is 2.29. The zero-order chi connectivity index (χ0) is 16.3. The first-order valence-corrected chi connectivity index (χ1v) is 10.8. The number of unbranched alkanes of at least 4 members (excludes halogenated alkanes) is 1. The van der Waals surface area contributed by atoms with E-state index < -0.39 is 0 Å². The van der Waals surface area contributed by atoms with Gasteiger partial charge >= 0.3 is 0 Å². The standard InChI is InChI=1S/C21H28S2/c1-3-4-15-22-16-8-17-23-21(19-9-6-5-7-10-19)20-13-11-18(2)12-14-20/h5-7,9-14,21H,3-4,8,15-17H2,1-2H3. The van der Waals surface area contributed by atoms with Crippen molar-refractivity contribution in [1.29, 1.82) is 0 Å². The second-order valence-corrected chi connectivity index (χ2v) is 8.33. The SMILES string of the molecule is CCCCSCCCSC(c1ccccc1)c1ccc(C)cc1. The fraction of sp³-hybridized carbons (Fsp3) is 0.429. The van der Waals surface area contributed by atoms with Crippen molar-refractivity contribution in [1.82, 2.24) is 0 Å². The average molecular weight is 345 g/mol. The Bertz CT molecular complexity index is 534. The van der Waals surface area contributed by atoms with E-state index in [1.807, 2.05) is 0 Å². The molecule has 0 spiro atoms. The van der Waals surface area contributed by atoms with E-state index >= 15 is 0 Å². The van der Waals surface area contributed by atoms with E-state index in [2.05, 4.69) is 92.0 Å². The van der Waals surface area contributed by atoms with E-state index in [9.17, 15) is 0 Å². The van der Waals surface area contributed by atoms with Crippen molar-refractivity contribution in [3.63, 3.8) is 0 Å². The molecule has 0 aromatic heterocycles. The Hall–Kier alpha value is -0.860. The van der Waals surface area contributed by atoms with Crippen LogP contribution in [0, 0.1) is 6.92 Å². The lowest BCUT2D eigenvalue weighted by atomic mass is 10.0. The molecular weight excluding hydrogens is 316 g/mol. The van der Waals surface area contributed by atoms with Gasteiger partial charge in [0.05, 0.1) is 5.25 Å². The van der Waals surface area contributed by atoms with Gasteiger partial charge in [-0.1, -0.05) is 73.5 Å². The molecule has 0 aliphatic heterocycles. The molecule has 124 valence electrons. The van der Waals surface area contributed by atoms with Crippen molar-refractivity contribution in [3.05, 3.63) is 71.3 Å². The van der Waals surface area contributed by atoms with Crippen LogP contribution in [0.15, 0.2) is 54.6 Å². The minimum Gasteiger partial charge on any atom is -0.162 e. The van der Waals surface area contributed by atoms with Gasteiger partial charge in [0.2, 0.25) is 0 Å². The normalized spacial score (nSPS) is 12.3. The molecule has 2 heteroatoms. The maximum absolute atomic E-state index is 2.29. The van der Waals surface area contributed by atoms with E-state index in [0.29, 0.717) is 5.25 Å². The summed E-state index contributed by atoms with van der Waals surface area (Å²) < 4.78 is 0. The predicted octanol–water partition coefficient (Wildman–Crippen LogP) is 6.74. The van der Waals surface area contributed by atoms with Crippen LogP contribution in [0.25, 0.3) is 0 Å². The Morgan fingerprint density at radius 1 is 0.783 bits per heavy atom. The molecule has 0 radical (unpaired) electrons. The second kappa shape index (κ2) is 10.8. The molecule has 0 bridgehead atoms. The quantitative estimate of drug-likeness (QED) is 0.438. The fourth-order valence-electron chi connectivity index (χ4n) is 2.46. The van der Waals surface area contributed by atoms with E-state index in [1.165, 1.54) is 53.2 Å². The third kappa shape index (κ3) is 6.64. The summed E-state index contributed by atoms with van der Waals surface area (Å²) in [4.78, 5) is 0. The van der Waals surface area contributed by atoms with Crippen molar-refractivity contribution in [2.24, 2.45) is 0 Å². The highest BCUT2D eigenvalue weighted by Crippen LogP contribution is 2.36. The van der Waals surface area contributed by atoms with Gasteiger partial charge in [0, 0.05) is 0 Å². The summed E-state index contributed by atoms with van der Waals surface area (Å²) in [5.41, 5.74) is 4.17. The lowest BCUT2D eigenvalue weighted by Crippen LogP contribution is -1.99. The summed E-state index contributed by atoms with van der Waals surface area (Å²) in [5.74, 6) is 3.84. The van der Waals surface area contributed by atoms with Crippen molar-refractivity contribution in [2.45, 2.75) is 38.4 Å². The van der Waals surface area contributed by atoms with Crippen LogP contribution in [0.3, 0.4) is 0 Å². The number of aryl methyl sites for hydroxylation is 1. The fourth-order valence-corrected chi connectivity index (χ4v) is 4.94. The molecule has 0 aliphatic rings. The maximum Gasteiger partial charge on any atom is 0.0546 e. The minimum atomic E-state index is 0.456. The minimum absolute atomic E-state index is 0.456. The predicted molar refractivity (Wildman–Crippen MR) is 109 cm³/mol. The van der Waals surface area contributed by atoms with Gasteiger partial charge in [-0.05, 0) is 48.2 Å². The molecule has 2 aromatic rings. The van der Waals surface area contributed by atoms with Gasteiger partial charge in [0.15, 0.2) is 0 Å². The summed E-state index contributed by atoms with van der Waals surface area (Å²) in [6, 6.07) is 20.0. The number of hydrogen-bond acceptors (Lipinski definition) is 2. The zero-order valence-electron chi connectivity index (χ0n) is 14.3. The first-order valence-electron chi connectivity index (χ1n) is 8.62. The van der Waals surface area contributed by atoms with E-state index in [4.69, 9.17) is 0 Å². The molecular formula is C21H28S2. The van der Waals surface area contributed by atoms with Crippen LogP contribution in [0.2, 0.25) is 0 Å². The van der Waals surface area contributed by atoms with Crippen molar-refractivity contribution >= 4 is 23.5 Å². The molecule has 0 amide bonds. The molecule has 0 aliphatic carbocycles. The Balaban J connectivity index is 1.91. The highest BCUT2D eigenvalue weighted by Gasteiger charge is 2.14. The first-order chi connectivity index (χ1) is 11.3. The highest BCUT2D eigenvalue weighted by molar-refractivity contribution is 8.00. The van der Waals surface area contributed by atoms with Gasteiger partial charge in [-0.15, -0.1) is 11.8 Å². The van der Waals surface area contributed by atoms with Gasteiger partial charge in [-0.25, -0.2) is 0 Å². The zero-order valence-corrected chi connectivity index (χ0v) is 16.0. The number of rotatable bonds is 10. The second-order valence-electron chi connectivity index (χ2n) is 5.89. The molecule has 0 N–H and O–H groups in total. The van der Waals surface area contributed by atoms with Gasteiger partial charge < -0.3 is 0 Å². The van der Waals surface area contributed by atoms with Crippen LogP contribution >= 0.6 is 23.5 Å². The smallest absolute Gasteiger partial charge is 0.0546 e. The molecule has 0 saturated heterocycles. The Kier molecular flexibility index (Phi) is 8.70. The van der Waals surface area contributed by atoms with Crippen LogP contribution in [-0.4, -0.2) is 17.3 Å². The van der Waals surface area contributed by atoms with Crippen LogP contribution in [0.1, 0.15) is 48.1 Å². The molecule has 2 aromatic carbocycles. The third-order valence-corrected chi connectivity index (χ3v) is 6.40. The molecule has 0 saturated carbocycles. The number of hydrogen-bond donors (Lipinski definition) is 0. The Morgan fingerprint density at radius 2 is 1.43 bits per heavy atom. The molecule has 0 nitrogen and oxygen atoms in total. The third-order valence-electron chi connectivity index (χ3n) is 3.84. The van der Waals surface area contributed by atoms with Crippen LogP contribution in [0.5, 0.6) is 0 Å². The summed E-state index contributed by atoms with van der Waals surface area (Å²) in [6.45, 7) is 4.42. The Labute approximate surface area is 150 Å². The summed E-state index contributed by atoms with van der Waals surface area (Å²) >= 11 is 4.19. The lowest BCUT2D eigenvalue weighted by molar-refractivity contribution is 0.895. The van der Waals surface area contributed by atoms with Crippen molar-refractivity contribution in [2.75, 3.05) is 17.3 Å². The van der Waals surface area contributed by atoms with Gasteiger partial charge in [0.1, 0.15) is 0 Å². The van der Waals surface area contributed by atoms with Gasteiger partial charge in [-0.2, -0.15) is 11.8 Å². The molecule has 2 rings (SSSR count). The molecule has 23 heavy (non-hydrogen) atoms. The summed E-state index contributed by atoms with van der Waals surface area (Å²) in [5, 5.41) is 0.456. The van der Waals surface area contributed by atoms with Crippen molar-refractivity contribution in [3.8, 4) is 0 Å². The van der Waals surface area contributed by atoms with E-state index in [-0.39, 0.29) is 0 Å². The Morgan fingerprint density at radius 3 is 2.13 bits per heavy atom. The lowest BCUT2D eigenvalue weighted by Gasteiger charge is -2.18. The molecule has 1 atom stereocenters. The molecule has 0 heterocycles. The number of benzene rings is 2. The first kappa shape index (κ1) is 18.5. The van der Waals surface area contributed by atoms with Gasteiger partial charge in [0.25, 0.3) is 0 Å². The van der Waals surface area contributed by atoms with Crippen LogP contribution < -0.4 is 0 Å². The highest BCUT2D eigenvalue weighted by atomic mass is 32.2. The summed E-state index contributed by atoms with van der Waals surface area (Å²) in [6.07, 6.45) is 3.97. The monoisotopic (exact) mass is 344 g/mol. The van der Waals surface area contributed by atoms with E-state index in [0.717, 1.165) is 0 Å². The topological polar surface area (TPSA) is 0 Å². The average Bonchev–Trinajstić information content (AvgIpc) is 2.59. The number of thioether (sulfide) groups is 2. The molecule has 0 fully saturated rings. The van der Waals surface area contributed by atoms with E-state index in [1.54, 1.807) is 0 Å². The van der Waals surface area contributed by atoms with Crippen LogP contribution in [-0.2, 0) is 0 Å². The largest absolute Gasteiger partial charge is 0.162 e. The summed E-state index contributed by atoms with van der Waals surface area (Å²) in [7, 11) is 0. The van der Waals surface area contributed by atoms with Crippen molar-refractivity contribution < 1.29 is 0 Å². The molecule has 1 unspecified atom stereocenters. The van der Waals surface area contributed by atoms with Gasteiger partial charge in [-0.3, -0.25) is 0 Å². The van der Waals surface area contributed by atoms with Crippen LogP contribution in [0.4, 0.5) is 0 Å².